The molecular formula is C14H21ClN2. The van der Waals surface area contributed by atoms with Crippen molar-refractivity contribution in [1.29, 1.82) is 0 Å². The SMILES string of the molecule is CC1CN(c2ccc(CCl)cc2)CC(C)N1C. The van der Waals surface area contributed by atoms with Gasteiger partial charge in [-0.2, -0.15) is 0 Å². The lowest BCUT2D eigenvalue weighted by atomic mass is 10.1. The van der Waals surface area contributed by atoms with E-state index >= 15 is 0 Å². The van der Waals surface area contributed by atoms with E-state index in [2.05, 4.69) is 55.0 Å². The summed E-state index contributed by atoms with van der Waals surface area (Å²) in [6, 6.07) is 9.81. The zero-order valence-electron chi connectivity index (χ0n) is 10.9. The van der Waals surface area contributed by atoms with Crippen LogP contribution in [0.3, 0.4) is 0 Å². The van der Waals surface area contributed by atoms with E-state index in [0.29, 0.717) is 18.0 Å². The Labute approximate surface area is 109 Å². The molecule has 1 aliphatic heterocycles. The summed E-state index contributed by atoms with van der Waals surface area (Å²) in [5, 5.41) is 0. The molecule has 17 heavy (non-hydrogen) atoms. The van der Waals surface area contributed by atoms with Crippen molar-refractivity contribution in [3.63, 3.8) is 0 Å². The summed E-state index contributed by atoms with van der Waals surface area (Å²) in [6.45, 7) is 6.77. The van der Waals surface area contributed by atoms with Gasteiger partial charge in [0.2, 0.25) is 0 Å². The largest absolute Gasteiger partial charge is 0.368 e. The van der Waals surface area contributed by atoms with Gasteiger partial charge in [-0.1, -0.05) is 12.1 Å². The smallest absolute Gasteiger partial charge is 0.0474 e. The molecule has 1 aromatic rings. The van der Waals surface area contributed by atoms with E-state index in [4.69, 9.17) is 11.6 Å². The molecule has 0 spiro atoms. The molecule has 1 saturated heterocycles. The number of likely N-dealkylation sites (N-methyl/N-ethyl adjacent to an activating group) is 1. The van der Waals surface area contributed by atoms with Crippen LogP contribution in [0.5, 0.6) is 0 Å². The van der Waals surface area contributed by atoms with E-state index in [9.17, 15) is 0 Å². The Morgan fingerprint density at radius 2 is 1.65 bits per heavy atom. The number of benzene rings is 1. The van der Waals surface area contributed by atoms with Crippen LogP contribution in [0.15, 0.2) is 24.3 Å². The van der Waals surface area contributed by atoms with Crippen LogP contribution in [0.1, 0.15) is 19.4 Å². The van der Waals surface area contributed by atoms with Crippen LogP contribution in [0.25, 0.3) is 0 Å². The molecule has 0 aromatic heterocycles. The minimum Gasteiger partial charge on any atom is -0.368 e. The van der Waals surface area contributed by atoms with Gasteiger partial charge in [-0.25, -0.2) is 0 Å². The second kappa shape index (κ2) is 5.28. The van der Waals surface area contributed by atoms with Gasteiger partial charge < -0.3 is 4.90 Å². The summed E-state index contributed by atoms with van der Waals surface area (Å²) in [6.07, 6.45) is 0. The standard InChI is InChI=1S/C14H21ClN2/c1-11-9-17(10-12(2)16(11)3)14-6-4-13(8-15)5-7-14/h4-7,11-12H,8-10H2,1-3H3. The van der Waals surface area contributed by atoms with Crippen LogP contribution in [0.4, 0.5) is 5.69 Å². The molecule has 0 radical (unpaired) electrons. The minimum atomic E-state index is 0.593. The Bertz CT molecular complexity index is 351. The van der Waals surface area contributed by atoms with Gasteiger partial charge in [0.1, 0.15) is 0 Å². The maximum absolute atomic E-state index is 5.81. The number of hydrogen-bond donors (Lipinski definition) is 0. The Kier molecular flexibility index (Phi) is 3.95. The van der Waals surface area contributed by atoms with Crippen molar-refractivity contribution < 1.29 is 0 Å². The number of alkyl halides is 1. The molecule has 2 atom stereocenters. The zero-order valence-corrected chi connectivity index (χ0v) is 11.6. The van der Waals surface area contributed by atoms with Crippen molar-refractivity contribution in [1.82, 2.24) is 4.90 Å². The van der Waals surface area contributed by atoms with Gasteiger partial charge in [0.05, 0.1) is 0 Å². The van der Waals surface area contributed by atoms with Crippen LogP contribution < -0.4 is 4.90 Å². The number of piperazine rings is 1. The molecular weight excluding hydrogens is 232 g/mol. The molecule has 1 aromatic carbocycles. The zero-order chi connectivity index (χ0) is 12.4. The number of nitrogens with zero attached hydrogens (tertiary/aromatic N) is 2. The summed E-state index contributed by atoms with van der Waals surface area (Å²) < 4.78 is 0. The predicted octanol–water partition coefficient (Wildman–Crippen LogP) is 2.95. The normalized spacial score (nSPS) is 26.2. The molecule has 3 heteroatoms. The Morgan fingerprint density at radius 3 is 2.12 bits per heavy atom. The maximum atomic E-state index is 5.81. The van der Waals surface area contributed by atoms with E-state index < -0.39 is 0 Å². The van der Waals surface area contributed by atoms with Gasteiger partial charge in [0.15, 0.2) is 0 Å². The number of rotatable bonds is 2. The molecule has 1 heterocycles. The first-order valence-corrected chi connectivity index (χ1v) is 6.77. The second-order valence-corrected chi connectivity index (χ2v) is 5.34. The van der Waals surface area contributed by atoms with Gasteiger partial charge in [0, 0.05) is 36.7 Å². The van der Waals surface area contributed by atoms with Crippen molar-refractivity contribution in [3.8, 4) is 0 Å². The molecule has 0 bridgehead atoms. The third kappa shape index (κ3) is 2.75. The lowest BCUT2D eigenvalue weighted by Crippen LogP contribution is -2.55. The van der Waals surface area contributed by atoms with Crippen molar-refractivity contribution in [2.24, 2.45) is 0 Å². The number of halogens is 1. The monoisotopic (exact) mass is 252 g/mol. The quantitative estimate of drug-likeness (QED) is 0.747. The fourth-order valence-electron chi connectivity index (χ4n) is 2.41. The van der Waals surface area contributed by atoms with E-state index in [0.717, 1.165) is 13.1 Å². The van der Waals surface area contributed by atoms with E-state index in [1.54, 1.807) is 0 Å². The number of anilines is 1. The average molecular weight is 253 g/mol. The summed E-state index contributed by atoms with van der Waals surface area (Å²) in [4.78, 5) is 4.91. The van der Waals surface area contributed by atoms with Crippen LogP contribution in [-0.4, -0.2) is 37.1 Å². The topological polar surface area (TPSA) is 6.48 Å². The van der Waals surface area contributed by atoms with Crippen LogP contribution in [0, 0.1) is 0 Å². The third-order valence-electron chi connectivity index (χ3n) is 3.82. The van der Waals surface area contributed by atoms with Gasteiger partial charge >= 0.3 is 0 Å². The highest BCUT2D eigenvalue weighted by Crippen LogP contribution is 2.22. The molecule has 0 saturated carbocycles. The molecule has 0 aliphatic carbocycles. The van der Waals surface area contributed by atoms with Gasteiger partial charge in [-0.05, 0) is 38.6 Å². The molecule has 2 nitrogen and oxygen atoms in total. The number of hydrogen-bond acceptors (Lipinski definition) is 2. The molecule has 94 valence electrons. The van der Waals surface area contributed by atoms with Gasteiger partial charge in [0.25, 0.3) is 0 Å². The van der Waals surface area contributed by atoms with E-state index in [1.165, 1.54) is 11.3 Å². The first-order valence-electron chi connectivity index (χ1n) is 6.23. The van der Waals surface area contributed by atoms with Crippen molar-refractivity contribution in [2.75, 3.05) is 25.0 Å². The van der Waals surface area contributed by atoms with Crippen molar-refractivity contribution in [2.45, 2.75) is 31.8 Å². The van der Waals surface area contributed by atoms with Crippen molar-refractivity contribution >= 4 is 17.3 Å². The predicted molar refractivity (Wildman–Crippen MR) is 74.9 cm³/mol. The Morgan fingerprint density at radius 1 is 1.12 bits per heavy atom. The molecule has 0 amide bonds. The highest BCUT2D eigenvalue weighted by atomic mass is 35.5. The van der Waals surface area contributed by atoms with Crippen LogP contribution in [-0.2, 0) is 5.88 Å². The highest BCUT2D eigenvalue weighted by Gasteiger charge is 2.26. The Balaban J connectivity index is 2.11. The van der Waals surface area contributed by atoms with Crippen molar-refractivity contribution in [3.05, 3.63) is 29.8 Å². The molecule has 1 fully saturated rings. The molecule has 2 unspecified atom stereocenters. The minimum absolute atomic E-state index is 0.593. The lowest BCUT2D eigenvalue weighted by Gasteiger charge is -2.43. The van der Waals surface area contributed by atoms with Gasteiger partial charge in [-0.15, -0.1) is 11.6 Å². The molecule has 2 rings (SSSR count). The first-order chi connectivity index (χ1) is 8.11. The fraction of sp³-hybridized carbons (Fsp3) is 0.571. The molecule has 0 N–H and O–H groups in total. The van der Waals surface area contributed by atoms with E-state index in [-0.39, 0.29) is 0 Å². The van der Waals surface area contributed by atoms with Crippen LogP contribution in [0.2, 0.25) is 0 Å². The summed E-state index contributed by atoms with van der Waals surface area (Å²) in [5.74, 6) is 0.593. The third-order valence-corrected chi connectivity index (χ3v) is 4.12. The van der Waals surface area contributed by atoms with Crippen LogP contribution >= 0.6 is 11.6 Å². The average Bonchev–Trinajstić information content (AvgIpc) is 2.35. The Hall–Kier alpha value is -0.730. The fourth-order valence-corrected chi connectivity index (χ4v) is 2.59. The first kappa shape index (κ1) is 12.7. The summed E-state index contributed by atoms with van der Waals surface area (Å²) in [7, 11) is 2.21. The van der Waals surface area contributed by atoms with E-state index in [1.807, 2.05) is 0 Å². The highest BCUT2D eigenvalue weighted by molar-refractivity contribution is 6.17. The maximum Gasteiger partial charge on any atom is 0.0474 e. The summed E-state index contributed by atoms with van der Waals surface area (Å²) in [5.41, 5.74) is 2.50. The van der Waals surface area contributed by atoms with Gasteiger partial charge in [-0.3, -0.25) is 4.90 Å². The second-order valence-electron chi connectivity index (χ2n) is 5.07. The molecule has 1 aliphatic rings. The lowest BCUT2D eigenvalue weighted by molar-refractivity contribution is 0.170. The summed E-state index contributed by atoms with van der Waals surface area (Å²) >= 11 is 5.81.